The van der Waals surface area contributed by atoms with E-state index < -0.39 is 0 Å². The zero-order valence-corrected chi connectivity index (χ0v) is 17.2. The minimum atomic E-state index is -0.238. The van der Waals surface area contributed by atoms with Crippen LogP contribution in [0.15, 0.2) is 78.5 Å². The van der Waals surface area contributed by atoms with Crippen LogP contribution in [0.4, 0.5) is 9.39 Å². The summed E-state index contributed by atoms with van der Waals surface area (Å²) >= 11 is 3.09. The second-order valence-electron chi connectivity index (χ2n) is 6.38. The van der Waals surface area contributed by atoms with Crippen molar-refractivity contribution in [2.45, 2.75) is 17.5 Å². The molecular formula is C22H19FN4S2. The van der Waals surface area contributed by atoms with E-state index in [4.69, 9.17) is 5.73 Å². The molecule has 4 rings (SSSR count). The summed E-state index contributed by atoms with van der Waals surface area (Å²) in [5, 5.41) is 10.3. The van der Waals surface area contributed by atoms with Crippen LogP contribution < -0.4 is 5.73 Å². The van der Waals surface area contributed by atoms with Crippen molar-refractivity contribution in [3.8, 4) is 21.8 Å². The Morgan fingerprint density at radius 2 is 1.86 bits per heavy atom. The first-order valence-corrected chi connectivity index (χ1v) is 10.8. The van der Waals surface area contributed by atoms with Gasteiger partial charge in [-0.15, -0.1) is 28.1 Å². The van der Waals surface area contributed by atoms with Crippen molar-refractivity contribution in [3.05, 3.63) is 84.7 Å². The van der Waals surface area contributed by atoms with Crippen molar-refractivity contribution in [2.75, 3.05) is 5.73 Å². The Labute approximate surface area is 176 Å². The van der Waals surface area contributed by atoms with Gasteiger partial charge in [0.25, 0.3) is 0 Å². The Bertz CT molecular complexity index is 1120. The fourth-order valence-corrected chi connectivity index (χ4v) is 4.77. The maximum absolute atomic E-state index is 13.1. The Morgan fingerprint density at radius 1 is 1.10 bits per heavy atom. The molecule has 2 N–H and O–H groups in total. The normalized spacial score (nSPS) is 10.9. The van der Waals surface area contributed by atoms with E-state index in [1.807, 2.05) is 28.8 Å². The maximum Gasteiger partial charge on any atom is 0.192 e. The molecule has 2 aromatic heterocycles. The summed E-state index contributed by atoms with van der Waals surface area (Å²) in [6, 6.07) is 18.7. The highest BCUT2D eigenvalue weighted by atomic mass is 32.2. The molecule has 0 atom stereocenters. The van der Waals surface area contributed by atoms with Crippen LogP contribution in [0.2, 0.25) is 0 Å². The lowest BCUT2D eigenvalue weighted by molar-refractivity contribution is 0.627. The van der Waals surface area contributed by atoms with E-state index in [2.05, 4.69) is 35.0 Å². The second kappa shape index (κ2) is 8.63. The van der Waals surface area contributed by atoms with Crippen LogP contribution in [0.25, 0.3) is 21.8 Å². The van der Waals surface area contributed by atoms with Gasteiger partial charge in [0.1, 0.15) is 5.82 Å². The van der Waals surface area contributed by atoms with Crippen LogP contribution in [0, 0.1) is 5.82 Å². The maximum atomic E-state index is 13.1. The fraction of sp³-hybridized carbons (Fsp3) is 0.0909. The second-order valence-corrected chi connectivity index (χ2v) is 8.40. The monoisotopic (exact) mass is 422 g/mol. The molecule has 4 aromatic rings. The summed E-state index contributed by atoms with van der Waals surface area (Å²) in [4.78, 5) is 1.09. The van der Waals surface area contributed by atoms with Gasteiger partial charge in [-0.3, -0.25) is 4.57 Å². The molecule has 4 nitrogen and oxygen atoms in total. The predicted molar refractivity (Wildman–Crippen MR) is 119 cm³/mol. The largest absolute Gasteiger partial charge is 0.390 e. The summed E-state index contributed by atoms with van der Waals surface area (Å²) in [6.07, 6.45) is 1.81. The molecule has 7 heteroatoms. The molecule has 0 amide bonds. The van der Waals surface area contributed by atoms with E-state index in [0.717, 1.165) is 32.5 Å². The summed E-state index contributed by atoms with van der Waals surface area (Å²) in [6.45, 7) is 4.43. The van der Waals surface area contributed by atoms with Crippen LogP contribution in [-0.2, 0) is 12.3 Å². The number of halogens is 1. The number of benzene rings is 2. The van der Waals surface area contributed by atoms with Crippen LogP contribution in [-0.4, -0.2) is 14.8 Å². The van der Waals surface area contributed by atoms with Crippen LogP contribution >= 0.6 is 23.1 Å². The van der Waals surface area contributed by atoms with Crippen LogP contribution in [0.3, 0.4) is 0 Å². The van der Waals surface area contributed by atoms with Gasteiger partial charge in [0, 0.05) is 17.2 Å². The zero-order valence-electron chi connectivity index (χ0n) is 15.6. The summed E-state index contributed by atoms with van der Waals surface area (Å²) < 4.78 is 15.1. The van der Waals surface area contributed by atoms with Crippen molar-refractivity contribution < 1.29 is 4.39 Å². The minimum Gasteiger partial charge on any atom is -0.390 e. The van der Waals surface area contributed by atoms with Crippen molar-refractivity contribution in [1.82, 2.24) is 14.8 Å². The molecular weight excluding hydrogens is 403 g/mol. The van der Waals surface area contributed by atoms with Gasteiger partial charge in [-0.2, -0.15) is 0 Å². The van der Waals surface area contributed by atoms with E-state index in [-0.39, 0.29) is 5.82 Å². The van der Waals surface area contributed by atoms with Gasteiger partial charge in [-0.1, -0.05) is 60.3 Å². The third-order valence-electron chi connectivity index (χ3n) is 4.37. The van der Waals surface area contributed by atoms with Gasteiger partial charge in [0.05, 0.1) is 10.6 Å². The molecule has 2 heterocycles. The molecule has 0 aliphatic rings. The zero-order chi connectivity index (χ0) is 20.2. The van der Waals surface area contributed by atoms with E-state index >= 15 is 0 Å². The standard InChI is InChI=1S/C22H19FN4S2/c1-2-12-27-21(18-13-19(29-20(18)24)16-6-4-3-5-7-16)25-26-22(27)28-14-15-8-10-17(23)11-9-15/h2-11,13H,1,12,14,24H2. The molecule has 0 radical (unpaired) electrons. The smallest absolute Gasteiger partial charge is 0.192 e. The van der Waals surface area contributed by atoms with E-state index in [1.165, 1.54) is 23.5 Å². The average Bonchev–Trinajstić information content (AvgIpc) is 3.32. The Kier molecular flexibility index (Phi) is 5.78. The molecule has 146 valence electrons. The number of nitrogens with zero attached hydrogens (tertiary/aromatic N) is 3. The predicted octanol–water partition coefficient (Wildman–Crippen LogP) is 5.87. The third-order valence-corrected chi connectivity index (χ3v) is 6.42. The van der Waals surface area contributed by atoms with Gasteiger partial charge < -0.3 is 5.73 Å². The lowest BCUT2D eigenvalue weighted by Gasteiger charge is -2.07. The van der Waals surface area contributed by atoms with Crippen molar-refractivity contribution in [3.63, 3.8) is 0 Å². The quantitative estimate of drug-likeness (QED) is 0.299. The number of hydrogen-bond donors (Lipinski definition) is 1. The number of thiophene rings is 1. The SMILES string of the molecule is C=CCn1c(SCc2ccc(F)cc2)nnc1-c1cc(-c2ccccc2)sc1N. The number of hydrogen-bond acceptors (Lipinski definition) is 5. The number of anilines is 1. The summed E-state index contributed by atoms with van der Waals surface area (Å²) in [5.74, 6) is 1.16. The average molecular weight is 423 g/mol. The van der Waals surface area contributed by atoms with Gasteiger partial charge in [0.2, 0.25) is 0 Å². The molecule has 0 spiro atoms. The van der Waals surface area contributed by atoms with Gasteiger partial charge in [-0.25, -0.2) is 4.39 Å². The van der Waals surface area contributed by atoms with Crippen LogP contribution in [0.1, 0.15) is 5.56 Å². The first-order chi connectivity index (χ1) is 14.2. The lowest BCUT2D eigenvalue weighted by Crippen LogP contribution is -2.01. The molecule has 0 aliphatic heterocycles. The Hall–Kier alpha value is -2.90. The molecule has 0 unspecified atom stereocenters. The molecule has 0 aliphatic carbocycles. The van der Waals surface area contributed by atoms with E-state index in [9.17, 15) is 4.39 Å². The van der Waals surface area contributed by atoms with Crippen LogP contribution in [0.5, 0.6) is 0 Å². The fourth-order valence-electron chi connectivity index (χ4n) is 2.94. The molecule has 29 heavy (non-hydrogen) atoms. The topological polar surface area (TPSA) is 56.7 Å². The Morgan fingerprint density at radius 3 is 2.59 bits per heavy atom. The molecule has 0 saturated heterocycles. The van der Waals surface area contributed by atoms with Crippen molar-refractivity contribution in [1.29, 1.82) is 0 Å². The summed E-state index contributed by atoms with van der Waals surface area (Å²) in [5.41, 5.74) is 9.35. The van der Waals surface area contributed by atoms with Gasteiger partial charge in [0.15, 0.2) is 11.0 Å². The highest BCUT2D eigenvalue weighted by Gasteiger charge is 2.18. The van der Waals surface area contributed by atoms with Crippen molar-refractivity contribution in [2.24, 2.45) is 0 Å². The highest BCUT2D eigenvalue weighted by Crippen LogP contribution is 2.39. The molecule has 0 bridgehead atoms. The highest BCUT2D eigenvalue weighted by molar-refractivity contribution is 7.98. The van der Waals surface area contributed by atoms with E-state index in [0.29, 0.717) is 17.3 Å². The molecule has 2 aromatic carbocycles. The van der Waals surface area contributed by atoms with Gasteiger partial charge in [-0.05, 0) is 29.3 Å². The van der Waals surface area contributed by atoms with Gasteiger partial charge >= 0.3 is 0 Å². The number of allylic oxidation sites excluding steroid dienone is 1. The number of thioether (sulfide) groups is 1. The molecule has 0 saturated carbocycles. The minimum absolute atomic E-state index is 0.238. The number of rotatable bonds is 7. The number of nitrogens with two attached hydrogens (primary N) is 1. The number of aromatic nitrogens is 3. The molecule has 0 fully saturated rings. The Balaban J connectivity index is 1.63. The summed E-state index contributed by atoms with van der Waals surface area (Å²) in [7, 11) is 0. The first kappa shape index (κ1) is 19.4. The van der Waals surface area contributed by atoms with E-state index in [1.54, 1.807) is 23.9 Å². The van der Waals surface area contributed by atoms with Crippen molar-refractivity contribution >= 4 is 28.1 Å². The number of nitrogen functional groups attached to an aromatic ring is 1. The first-order valence-electron chi connectivity index (χ1n) is 9.02. The third kappa shape index (κ3) is 4.26. The lowest BCUT2D eigenvalue weighted by atomic mass is 10.1.